The van der Waals surface area contributed by atoms with Crippen LogP contribution in [0, 0.1) is 0 Å². The van der Waals surface area contributed by atoms with E-state index in [2.05, 4.69) is 0 Å². The molecule has 0 radical (unpaired) electrons. The van der Waals surface area contributed by atoms with Gasteiger partial charge in [-0.3, -0.25) is 9.59 Å². The number of alkyl halides is 6. The van der Waals surface area contributed by atoms with Crippen LogP contribution >= 0.6 is 0 Å². The first kappa shape index (κ1) is 24.2. The Balaban J connectivity index is 1.76. The van der Waals surface area contributed by atoms with Crippen LogP contribution in [0.4, 0.5) is 26.3 Å². The zero-order valence-corrected chi connectivity index (χ0v) is 16.1. The fourth-order valence-electron chi connectivity index (χ4n) is 2.68. The molecule has 0 aliphatic carbocycles. The molecular formula is C21H18F6O4. The Morgan fingerprint density at radius 2 is 1.00 bits per heavy atom. The minimum atomic E-state index is -4.59. The van der Waals surface area contributed by atoms with Gasteiger partial charge in [0.25, 0.3) is 0 Å². The molecule has 2 aromatic carbocycles. The second kappa shape index (κ2) is 10.3. The molecule has 0 N–H and O–H groups in total. The highest BCUT2D eigenvalue weighted by Gasteiger charge is 2.34. The number of carbonyl (C=O) groups excluding carboxylic acids is 2. The summed E-state index contributed by atoms with van der Waals surface area (Å²) in [5.74, 6) is -1.63. The minimum Gasteiger partial charge on any atom is -0.461 e. The Labute approximate surface area is 173 Å². The standard InChI is InChI=1S/C21H18F6O4/c22-20(23,24)16-8-3-1-6-14(16)12-30-18(28)10-5-11-19(29)31-13-15-7-2-4-9-17(15)21(25,26)27/h1-4,6-9H,5,10-13H2. The fourth-order valence-corrected chi connectivity index (χ4v) is 2.68. The number of hydrogen-bond acceptors (Lipinski definition) is 4. The van der Waals surface area contributed by atoms with Gasteiger partial charge in [-0.25, -0.2) is 0 Å². The summed E-state index contributed by atoms with van der Waals surface area (Å²) in [6.07, 6.45) is -9.72. The van der Waals surface area contributed by atoms with Gasteiger partial charge in [-0.2, -0.15) is 26.3 Å². The van der Waals surface area contributed by atoms with Crippen LogP contribution in [0.1, 0.15) is 41.5 Å². The van der Waals surface area contributed by atoms with Gasteiger partial charge in [0.2, 0.25) is 0 Å². The molecule has 31 heavy (non-hydrogen) atoms. The average molecular weight is 448 g/mol. The second-order valence-electron chi connectivity index (χ2n) is 6.48. The first-order valence-electron chi connectivity index (χ1n) is 9.10. The van der Waals surface area contributed by atoms with Crippen LogP contribution in [0.2, 0.25) is 0 Å². The lowest BCUT2D eigenvalue weighted by molar-refractivity contribution is -0.149. The number of hydrogen-bond donors (Lipinski definition) is 0. The van der Waals surface area contributed by atoms with E-state index < -0.39 is 48.6 Å². The van der Waals surface area contributed by atoms with E-state index >= 15 is 0 Å². The fraction of sp³-hybridized carbons (Fsp3) is 0.333. The Morgan fingerprint density at radius 3 is 1.35 bits per heavy atom. The molecule has 0 aliphatic rings. The maximum absolute atomic E-state index is 12.9. The summed E-state index contributed by atoms with van der Waals surface area (Å²) >= 11 is 0. The van der Waals surface area contributed by atoms with E-state index in [0.717, 1.165) is 12.1 Å². The van der Waals surface area contributed by atoms with Gasteiger partial charge < -0.3 is 9.47 Å². The van der Waals surface area contributed by atoms with Crippen molar-refractivity contribution in [1.82, 2.24) is 0 Å². The number of halogens is 6. The smallest absolute Gasteiger partial charge is 0.416 e. The summed E-state index contributed by atoms with van der Waals surface area (Å²) in [6.45, 7) is -1.15. The van der Waals surface area contributed by atoms with Crippen LogP contribution in [0.3, 0.4) is 0 Å². The van der Waals surface area contributed by atoms with Crippen molar-refractivity contribution in [1.29, 1.82) is 0 Å². The highest BCUT2D eigenvalue weighted by Crippen LogP contribution is 2.33. The summed E-state index contributed by atoms with van der Waals surface area (Å²) in [6, 6.07) is 9.31. The van der Waals surface area contributed by atoms with Crippen LogP contribution in [-0.2, 0) is 44.6 Å². The normalized spacial score (nSPS) is 11.8. The van der Waals surface area contributed by atoms with Crippen molar-refractivity contribution in [2.75, 3.05) is 0 Å². The van der Waals surface area contributed by atoms with E-state index in [1.807, 2.05) is 0 Å². The van der Waals surface area contributed by atoms with Crippen molar-refractivity contribution in [3.63, 3.8) is 0 Å². The summed E-state index contributed by atoms with van der Waals surface area (Å²) in [5, 5.41) is 0. The molecule has 0 atom stereocenters. The van der Waals surface area contributed by atoms with Crippen molar-refractivity contribution >= 4 is 11.9 Å². The highest BCUT2D eigenvalue weighted by atomic mass is 19.4. The maximum Gasteiger partial charge on any atom is 0.416 e. The van der Waals surface area contributed by atoms with E-state index in [0.29, 0.717) is 0 Å². The van der Waals surface area contributed by atoms with Crippen LogP contribution in [0.25, 0.3) is 0 Å². The third-order valence-corrected chi connectivity index (χ3v) is 4.18. The first-order valence-corrected chi connectivity index (χ1v) is 9.10. The number of esters is 2. The Kier molecular flexibility index (Phi) is 8.07. The average Bonchev–Trinajstić information content (AvgIpc) is 2.70. The first-order chi connectivity index (χ1) is 14.5. The Morgan fingerprint density at radius 1 is 0.645 bits per heavy atom. The van der Waals surface area contributed by atoms with Gasteiger partial charge in [-0.15, -0.1) is 0 Å². The van der Waals surface area contributed by atoms with Crippen molar-refractivity contribution < 1.29 is 45.4 Å². The van der Waals surface area contributed by atoms with Gasteiger partial charge in [0.05, 0.1) is 11.1 Å². The third kappa shape index (κ3) is 7.62. The predicted molar refractivity (Wildman–Crippen MR) is 96.3 cm³/mol. The number of rotatable bonds is 8. The lowest BCUT2D eigenvalue weighted by Crippen LogP contribution is -2.13. The molecule has 0 aliphatic heterocycles. The molecule has 0 saturated heterocycles. The van der Waals surface area contributed by atoms with Crippen molar-refractivity contribution in [3.05, 3.63) is 70.8 Å². The molecule has 4 nitrogen and oxygen atoms in total. The predicted octanol–water partition coefficient (Wildman–Crippen LogP) is 5.68. The Hall–Kier alpha value is -3.04. The molecule has 0 bridgehead atoms. The van der Waals surface area contributed by atoms with Gasteiger partial charge in [-0.1, -0.05) is 36.4 Å². The minimum absolute atomic E-state index is 0.0283. The van der Waals surface area contributed by atoms with Crippen molar-refractivity contribution in [2.24, 2.45) is 0 Å². The maximum atomic E-state index is 12.9. The second-order valence-corrected chi connectivity index (χ2v) is 6.48. The summed E-state index contributed by atoms with van der Waals surface area (Å²) < 4.78 is 87.0. The SMILES string of the molecule is O=C(CCCC(=O)OCc1ccccc1C(F)(F)F)OCc1ccccc1C(F)(F)F. The van der Waals surface area contributed by atoms with Crippen molar-refractivity contribution in [2.45, 2.75) is 44.8 Å². The lowest BCUT2D eigenvalue weighted by atomic mass is 10.1. The van der Waals surface area contributed by atoms with Gasteiger partial charge in [0.15, 0.2) is 0 Å². The molecule has 0 saturated carbocycles. The van der Waals surface area contributed by atoms with Gasteiger partial charge in [0.1, 0.15) is 13.2 Å². The topological polar surface area (TPSA) is 52.6 Å². The molecule has 0 unspecified atom stereocenters. The van der Waals surface area contributed by atoms with E-state index in [4.69, 9.17) is 9.47 Å². The van der Waals surface area contributed by atoms with E-state index in [1.165, 1.54) is 36.4 Å². The molecule has 0 fully saturated rings. The summed E-state index contributed by atoms with van der Waals surface area (Å²) in [4.78, 5) is 23.4. The quantitative estimate of drug-likeness (QED) is 0.385. The molecule has 0 aromatic heterocycles. The molecule has 0 heterocycles. The molecule has 168 valence electrons. The van der Waals surface area contributed by atoms with Gasteiger partial charge in [0, 0.05) is 24.0 Å². The monoisotopic (exact) mass is 448 g/mol. The zero-order valence-electron chi connectivity index (χ0n) is 16.1. The molecule has 2 rings (SSSR count). The number of ether oxygens (including phenoxy) is 2. The molecule has 10 heteroatoms. The largest absolute Gasteiger partial charge is 0.461 e. The Bertz CT molecular complexity index is 832. The van der Waals surface area contributed by atoms with Crippen molar-refractivity contribution in [3.8, 4) is 0 Å². The molecular weight excluding hydrogens is 430 g/mol. The van der Waals surface area contributed by atoms with Gasteiger partial charge in [-0.05, 0) is 18.6 Å². The van der Waals surface area contributed by atoms with E-state index in [1.54, 1.807) is 0 Å². The summed E-state index contributed by atoms with van der Waals surface area (Å²) in [5.41, 5.74) is -2.23. The lowest BCUT2D eigenvalue weighted by Gasteiger charge is -2.13. The van der Waals surface area contributed by atoms with Crippen LogP contribution in [0.15, 0.2) is 48.5 Å². The molecule has 0 amide bonds. The third-order valence-electron chi connectivity index (χ3n) is 4.18. The molecule has 2 aromatic rings. The van der Waals surface area contributed by atoms with Crippen LogP contribution < -0.4 is 0 Å². The van der Waals surface area contributed by atoms with E-state index in [-0.39, 0.29) is 30.4 Å². The molecule has 0 spiro atoms. The summed E-state index contributed by atoms with van der Waals surface area (Å²) in [7, 11) is 0. The van der Waals surface area contributed by atoms with E-state index in [9.17, 15) is 35.9 Å². The number of benzene rings is 2. The van der Waals surface area contributed by atoms with Gasteiger partial charge >= 0.3 is 24.3 Å². The van der Waals surface area contributed by atoms with Crippen LogP contribution in [0.5, 0.6) is 0 Å². The zero-order chi connectivity index (χ0) is 23.1. The highest BCUT2D eigenvalue weighted by molar-refractivity contribution is 5.72. The number of carbonyl (C=O) groups is 2. The van der Waals surface area contributed by atoms with Crippen LogP contribution in [-0.4, -0.2) is 11.9 Å².